The second kappa shape index (κ2) is 9.67. The molecule has 0 fully saturated rings. The van der Waals surface area contributed by atoms with Crippen molar-refractivity contribution in [3.63, 3.8) is 0 Å². The summed E-state index contributed by atoms with van der Waals surface area (Å²) in [5, 5.41) is 12.4. The van der Waals surface area contributed by atoms with E-state index < -0.39 is 6.10 Å². The first-order valence-electron chi connectivity index (χ1n) is 7.79. The van der Waals surface area contributed by atoms with Gasteiger partial charge in [0, 0.05) is 31.6 Å². The van der Waals surface area contributed by atoms with Crippen molar-refractivity contribution < 1.29 is 14.6 Å². The molecule has 2 aromatic rings. The highest BCUT2D eigenvalue weighted by Crippen LogP contribution is 2.17. The Morgan fingerprint density at radius 2 is 2.04 bits per heavy atom. The summed E-state index contributed by atoms with van der Waals surface area (Å²) in [4.78, 5) is 3.48. The third kappa shape index (κ3) is 6.31. The summed E-state index contributed by atoms with van der Waals surface area (Å²) in [7, 11) is 1.70. The van der Waals surface area contributed by atoms with Gasteiger partial charge in [0.25, 0.3) is 0 Å². The van der Waals surface area contributed by atoms with Gasteiger partial charge in [-0.1, -0.05) is 24.3 Å². The van der Waals surface area contributed by atoms with E-state index in [1.807, 2.05) is 37.3 Å². The van der Waals surface area contributed by atoms with Gasteiger partial charge >= 0.3 is 0 Å². The van der Waals surface area contributed by atoms with Crippen LogP contribution in [0, 0.1) is 6.92 Å². The van der Waals surface area contributed by atoms with Crippen molar-refractivity contribution in [3.8, 4) is 5.75 Å². The zero-order valence-corrected chi connectivity index (χ0v) is 14.6. The maximum absolute atomic E-state index is 10.3. The molecule has 0 bridgehead atoms. The number of aliphatic hydroxyl groups is 1. The third-order valence-corrected chi connectivity index (χ3v) is 4.43. The number of aliphatic hydroxyl groups excluding tert-OH is 1. The fraction of sp³-hybridized carbons (Fsp3) is 0.444. The molecule has 1 aromatic heterocycles. The molecular formula is C18H25NO3S. The number of nitrogens with zero attached hydrogens (tertiary/aromatic N) is 1. The maximum Gasteiger partial charge on any atom is 0.122 e. The second-order valence-corrected chi connectivity index (χ2v) is 6.57. The zero-order valence-electron chi connectivity index (χ0n) is 13.8. The topological polar surface area (TPSA) is 41.9 Å². The summed E-state index contributed by atoms with van der Waals surface area (Å²) in [6, 6.07) is 12.0. The molecule has 0 aliphatic heterocycles. The van der Waals surface area contributed by atoms with Crippen molar-refractivity contribution in [3.05, 3.63) is 52.2 Å². The van der Waals surface area contributed by atoms with Gasteiger partial charge in [-0.05, 0) is 30.0 Å². The van der Waals surface area contributed by atoms with E-state index in [9.17, 15) is 5.11 Å². The lowest BCUT2D eigenvalue weighted by Crippen LogP contribution is -2.37. The van der Waals surface area contributed by atoms with E-state index in [0.29, 0.717) is 19.8 Å². The molecule has 0 spiro atoms. The minimum Gasteiger partial charge on any atom is -0.491 e. The lowest BCUT2D eigenvalue weighted by atomic mass is 10.2. The van der Waals surface area contributed by atoms with Crippen LogP contribution >= 0.6 is 11.3 Å². The van der Waals surface area contributed by atoms with Crippen LogP contribution < -0.4 is 4.74 Å². The Balaban J connectivity index is 1.83. The molecule has 126 valence electrons. The number of rotatable bonds is 10. The fourth-order valence-corrected chi connectivity index (χ4v) is 3.08. The molecule has 0 aliphatic rings. The van der Waals surface area contributed by atoms with E-state index in [-0.39, 0.29) is 0 Å². The predicted octanol–water partition coefficient (Wildman–Crippen LogP) is 2.94. The van der Waals surface area contributed by atoms with E-state index in [4.69, 9.17) is 9.47 Å². The Labute approximate surface area is 142 Å². The molecule has 2 rings (SSSR count). The normalized spacial score (nSPS) is 12.5. The summed E-state index contributed by atoms with van der Waals surface area (Å²) in [5.41, 5.74) is 1.08. The molecule has 1 atom stereocenters. The highest BCUT2D eigenvalue weighted by Gasteiger charge is 2.14. The Hall–Kier alpha value is -1.40. The summed E-state index contributed by atoms with van der Waals surface area (Å²) >= 11 is 1.73. The molecule has 1 N–H and O–H groups in total. The zero-order chi connectivity index (χ0) is 16.5. The number of thiophene rings is 1. The molecule has 1 aromatic carbocycles. The summed E-state index contributed by atoms with van der Waals surface area (Å²) < 4.78 is 10.9. The first-order valence-corrected chi connectivity index (χ1v) is 8.67. The summed E-state index contributed by atoms with van der Waals surface area (Å²) in [6.45, 7) is 5.12. The SMILES string of the molecule is COCCN(Cc1cccs1)CC(O)COc1ccccc1C. The van der Waals surface area contributed by atoms with E-state index in [2.05, 4.69) is 16.3 Å². The number of para-hydroxylation sites is 1. The highest BCUT2D eigenvalue weighted by molar-refractivity contribution is 7.09. The molecule has 4 nitrogen and oxygen atoms in total. The van der Waals surface area contributed by atoms with Crippen LogP contribution in [-0.4, -0.2) is 49.5 Å². The minimum absolute atomic E-state index is 0.290. The number of ether oxygens (including phenoxy) is 2. The highest BCUT2D eigenvalue weighted by atomic mass is 32.1. The van der Waals surface area contributed by atoms with Crippen molar-refractivity contribution in [1.82, 2.24) is 4.90 Å². The van der Waals surface area contributed by atoms with Gasteiger partial charge in [-0.3, -0.25) is 4.90 Å². The molecule has 0 aliphatic carbocycles. The summed E-state index contributed by atoms with van der Waals surface area (Å²) in [6.07, 6.45) is -0.536. The Morgan fingerprint density at radius 3 is 2.74 bits per heavy atom. The van der Waals surface area contributed by atoms with E-state index in [0.717, 1.165) is 24.4 Å². The van der Waals surface area contributed by atoms with Crippen LogP contribution in [0.1, 0.15) is 10.4 Å². The Kier molecular flexibility index (Phi) is 7.55. The average molecular weight is 335 g/mol. The smallest absolute Gasteiger partial charge is 0.122 e. The number of hydrogen-bond acceptors (Lipinski definition) is 5. The third-order valence-electron chi connectivity index (χ3n) is 3.56. The molecule has 0 amide bonds. The quantitative estimate of drug-likeness (QED) is 0.725. The van der Waals surface area contributed by atoms with Crippen molar-refractivity contribution in [2.24, 2.45) is 0 Å². The van der Waals surface area contributed by atoms with Gasteiger partial charge in [-0.25, -0.2) is 0 Å². The molecule has 23 heavy (non-hydrogen) atoms. The van der Waals surface area contributed by atoms with Crippen molar-refractivity contribution >= 4 is 11.3 Å². The van der Waals surface area contributed by atoms with Gasteiger partial charge in [0.15, 0.2) is 0 Å². The van der Waals surface area contributed by atoms with Crippen molar-refractivity contribution in [1.29, 1.82) is 0 Å². The monoisotopic (exact) mass is 335 g/mol. The predicted molar refractivity (Wildman–Crippen MR) is 94.2 cm³/mol. The van der Waals surface area contributed by atoms with Crippen LogP contribution in [-0.2, 0) is 11.3 Å². The van der Waals surface area contributed by atoms with E-state index in [1.54, 1.807) is 18.4 Å². The van der Waals surface area contributed by atoms with Gasteiger partial charge in [0.05, 0.1) is 6.61 Å². The fourth-order valence-electron chi connectivity index (χ4n) is 2.33. The largest absolute Gasteiger partial charge is 0.491 e. The van der Waals surface area contributed by atoms with Crippen LogP contribution in [0.4, 0.5) is 0 Å². The number of aryl methyl sites for hydroxylation is 1. The lowest BCUT2D eigenvalue weighted by molar-refractivity contribution is 0.0544. The first-order chi connectivity index (χ1) is 11.2. The standard InChI is InChI=1S/C18H25NO3S/c1-15-6-3-4-8-18(15)22-14-16(20)12-19(9-10-21-2)13-17-7-5-11-23-17/h3-8,11,16,20H,9-10,12-14H2,1-2H3. The molecule has 1 heterocycles. The molecule has 5 heteroatoms. The molecular weight excluding hydrogens is 310 g/mol. The lowest BCUT2D eigenvalue weighted by Gasteiger charge is -2.24. The molecule has 0 radical (unpaired) electrons. The first kappa shape index (κ1) is 17.9. The Morgan fingerprint density at radius 1 is 1.22 bits per heavy atom. The summed E-state index contributed by atoms with van der Waals surface area (Å²) in [5.74, 6) is 0.827. The second-order valence-electron chi connectivity index (χ2n) is 5.54. The van der Waals surface area contributed by atoms with E-state index >= 15 is 0 Å². The van der Waals surface area contributed by atoms with Crippen LogP contribution in [0.3, 0.4) is 0 Å². The number of methoxy groups -OCH3 is 1. The van der Waals surface area contributed by atoms with Gasteiger partial charge in [-0.15, -0.1) is 11.3 Å². The molecule has 1 unspecified atom stereocenters. The maximum atomic E-state index is 10.3. The van der Waals surface area contributed by atoms with Gasteiger partial charge in [0.2, 0.25) is 0 Å². The number of hydrogen-bond donors (Lipinski definition) is 1. The van der Waals surface area contributed by atoms with Crippen LogP contribution in [0.15, 0.2) is 41.8 Å². The van der Waals surface area contributed by atoms with Crippen molar-refractivity contribution in [2.75, 3.05) is 33.4 Å². The number of benzene rings is 1. The van der Waals surface area contributed by atoms with Crippen LogP contribution in [0.5, 0.6) is 5.75 Å². The van der Waals surface area contributed by atoms with Crippen LogP contribution in [0.2, 0.25) is 0 Å². The Bertz CT molecular complexity index is 559. The minimum atomic E-state index is -0.536. The van der Waals surface area contributed by atoms with Gasteiger partial charge < -0.3 is 14.6 Å². The van der Waals surface area contributed by atoms with E-state index in [1.165, 1.54) is 4.88 Å². The van der Waals surface area contributed by atoms with Gasteiger partial charge in [0.1, 0.15) is 18.5 Å². The van der Waals surface area contributed by atoms with Crippen molar-refractivity contribution in [2.45, 2.75) is 19.6 Å². The van der Waals surface area contributed by atoms with Gasteiger partial charge in [-0.2, -0.15) is 0 Å². The van der Waals surface area contributed by atoms with Crippen LogP contribution in [0.25, 0.3) is 0 Å². The molecule has 0 saturated carbocycles. The average Bonchev–Trinajstić information content (AvgIpc) is 3.05. The molecule has 0 saturated heterocycles.